The third-order valence-corrected chi connectivity index (χ3v) is 3.03. The van der Waals surface area contributed by atoms with Crippen molar-refractivity contribution in [2.75, 3.05) is 31.6 Å². The van der Waals surface area contributed by atoms with Gasteiger partial charge in [0.1, 0.15) is 5.69 Å². The average Bonchev–Trinajstić information content (AvgIpc) is 2.27. The molecule has 1 aliphatic heterocycles. The summed E-state index contributed by atoms with van der Waals surface area (Å²) in [5, 5.41) is 5.99. The molecule has 5 heteroatoms. The summed E-state index contributed by atoms with van der Waals surface area (Å²) in [4.78, 5) is 17.9. The average molecular weight is 234 g/mol. The number of anilines is 1. The molecular weight excluding hydrogens is 216 g/mol. The molecule has 0 bridgehead atoms. The maximum absolute atomic E-state index is 11.7. The summed E-state index contributed by atoms with van der Waals surface area (Å²) >= 11 is 0. The van der Waals surface area contributed by atoms with E-state index < -0.39 is 0 Å². The van der Waals surface area contributed by atoms with Gasteiger partial charge in [0.15, 0.2) is 0 Å². The zero-order valence-electron chi connectivity index (χ0n) is 10.2. The van der Waals surface area contributed by atoms with E-state index in [1.54, 1.807) is 6.20 Å². The normalized spacial score (nSPS) is 15.2. The van der Waals surface area contributed by atoms with Crippen LogP contribution in [0.5, 0.6) is 0 Å². The molecule has 2 heterocycles. The van der Waals surface area contributed by atoms with Crippen LogP contribution < -0.4 is 15.5 Å². The van der Waals surface area contributed by atoms with Gasteiger partial charge in [-0.05, 0) is 19.1 Å². The largest absolute Gasteiger partial charge is 0.369 e. The predicted octanol–water partition coefficient (Wildman–Crippen LogP) is 0.239. The van der Waals surface area contributed by atoms with E-state index in [0.717, 1.165) is 18.8 Å². The SMILES string of the molecule is CCNC(=O)c1cc(N(C)C2CNC2)ccn1. The second-order valence-corrected chi connectivity index (χ2v) is 4.18. The van der Waals surface area contributed by atoms with Crippen LogP contribution in [0.2, 0.25) is 0 Å². The van der Waals surface area contributed by atoms with E-state index in [9.17, 15) is 4.79 Å². The smallest absolute Gasteiger partial charge is 0.269 e. The molecule has 1 aromatic heterocycles. The molecule has 1 fully saturated rings. The van der Waals surface area contributed by atoms with E-state index in [1.807, 2.05) is 26.1 Å². The second-order valence-electron chi connectivity index (χ2n) is 4.18. The topological polar surface area (TPSA) is 57.3 Å². The Labute approximate surface area is 101 Å². The highest BCUT2D eigenvalue weighted by Gasteiger charge is 2.22. The third kappa shape index (κ3) is 2.55. The van der Waals surface area contributed by atoms with Crippen LogP contribution >= 0.6 is 0 Å². The number of rotatable bonds is 4. The number of hydrogen-bond acceptors (Lipinski definition) is 4. The minimum absolute atomic E-state index is 0.116. The van der Waals surface area contributed by atoms with E-state index in [-0.39, 0.29) is 5.91 Å². The van der Waals surface area contributed by atoms with Crippen molar-refractivity contribution in [3.8, 4) is 0 Å². The fraction of sp³-hybridized carbons (Fsp3) is 0.500. The van der Waals surface area contributed by atoms with E-state index >= 15 is 0 Å². The molecule has 1 aromatic rings. The lowest BCUT2D eigenvalue weighted by molar-refractivity contribution is 0.0951. The fourth-order valence-electron chi connectivity index (χ4n) is 1.77. The van der Waals surface area contributed by atoms with Crippen molar-refractivity contribution < 1.29 is 4.79 Å². The lowest BCUT2D eigenvalue weighted by atomic mass is 10.1. The van der Waals surface area contributed by atoms with E-state index in [2.05, 4.69) is 20.5 Å². The fourth-order valence-corrected chi connectivity index (χ4v) is 1.77. The molecule has 92 valence electrons. The summed E-state index contributed by atoms with van der Waals surface area (Å²) in [6, 6.07) is 4.28. The van der Waals surface area contributed by atoms with Gasteiger partial charge >= 0.3 is 0 Å². The molecular formula is C12H18N4O. The Kier molecular flexibility index (Phi) is 3.58. The van der Waals surface area contributed by atoms with Crippen LogP contribution in [0.25, 0.3) is 0 Å². The van der Waals surface area contributed by atoms with Crippen molar-refractivity contribution in [2.45, 2.75) is 13.0 Å². The molecule has 1 amide bonds. The van der Waals surface area contributed by atoms with Gasteiger partial charge in [-0.1, -0.05) is 0 Å². The molecule has 0 atom stereocenters. The molecule has 17 heavy (non-hydrogen) atoms. The maximum Gasteiger partial charge on any atom is 0.269 e. The van der Waals surface area contributed by atoms with Gasteiger partial charge in [-0.3, -0.25) is 9.78 Å². The first-order valence-corrected chi connectivity index (χ1v) is 5.90. The first-order chi connectivity index (χ1) is 8.22. The molecule has 1 saturated heterocycles. The maximum atomic E-state index is 11.7. The highest BCUT2D eigenvalue weighted by Crippen LogP contribution is 2.17. The van der Waals surface area contributed by atoms with Crippen LogP contribution in [-0.2, 0) is 0 Å². The first kappa shape index (κ1) is 11.9. The minimum atomic E-state index is -0.116. The molecule has 2 rings (SSSR count). The van der Waals surface area contributed by atoms with Crippen LogP contribution in [0.15, 0.2) is 18.3 Å². The summed E-state index contributed by atoms with van der Waals surface area (Å²) in [7, 11) is 2.04. The Morgan fingerprint density at radius 3 is 3.00 bits per heavy atom. The number of aromatic nitrogens is 1. The quantitative estimate of drug-likeness (QED) is 0.783. The van der Waals surface area contributed by atoms with Gasteiger partial charge in [0.25, 0.3) is 5.91 Å². The Bertz CT molecular complexity index is 403. The van der Waals surface area contributed by atoms with Gasteiger partial charge in [0.2, 0.25) is 0 Å². The van der Waals surface area contributed by atoms with E-state index in [0.29, 0.717) is 18.3 Å². The number of amides is 1. The number of likely N-dealkylation sites (N-methyl/N-ethyl adjacent to an activating group) is 1. The Hall–Kier alpha value is -1.62. The number of carbonyl (C=O) groups is 1. The predicted molar refractivity (Wildman–Crippen MR) is 67.3 cm³/mol. The van der Waals surface area contributed by atoms with E-state index in [1.165, 1.54) is 0 Å². The molecule has 0 saturated carbocycles. The van der Waals surface area contributed by atoms with Gasteiger partial charge in [-0.25, -0.2) is 0 Å². The number of nitrogens with one attached hydrogen (secondary N) is 2. The summed E-state index contributed by atoms with van der Waals surface area (Å²) in [6.45, 7) is 4.51. The lowest BCUT2D eigenvalue weighted by Gasteiger charge is -2.37. The molecule has 0 aromatic carbocycles. The van der Waals surface area contributed by atoms with Crippen molar-refractivity contribution in [3.05, 3.63) is 24.0 Å². The molecule has 2 N–H and O–H groups in total. The van der Waals surface area contributed by atoms with Crippen molar-refractivity contribution >= 4 is 11.6 Å². The van der Waals surface area contributed by atoms with Gasteiger partial charge in [0, 0.05) is 38.6 Å². The van der Waals surface area contributed by atoms with Gasteiger partial charge in [-0.2, -0.15) is 0 Å². The number of nitrogens with zero attached hydrogens (tertiary/aromatic N) is 2. The zero-order valence-corrected chi connectivity index (χ0v) is 10.2. The molecule has 1 aliphatic rings. The number of carbonyl (C=O) groups excluding carboxylic acids is 1. The highest BCUT2D eigenvalue weighted by atomic mass is 16.1. The zero-order chi connectivity index (χ0) is 12.3. The third-order valence-electron chi connectivity index (χ3n) is 3.03. The number of hydrogen-bond donors (Lipinski definition) is 2. The Morgan fingerprint density at radius 1 is 1.65 bits per heavy atom. The van der Waals surface area contributed by atoms with Crippen LogP contribution in [0.4, 0.5) is 5.69 Å². The molecule has 0 aliphatic carbocycles. The van der Waals surface area contributed by atoms with Crippen molar-refractivity contribution in [1.82, 2.24) is 15.6 Å². The molecule has 0 spiro atoms. The van der Waals surface area contributed by atoms with Crippen molar-refractivity contribution in [3.63, 3.8) is 0 Å². The summed E-state index contributed by atoms with van der Waals surface area (Å²) in [5.41, 5.74) is 1.51. The summed E-state index contributed by atoms with van der Waals surface area (Å²) < 4.78 is 0. The standard InChI is InChI=1S/C12H18N4O/c1-3-14-12(17)11-6-9(4-5-15-11)16(2)10-7-13-8-10/h4-6,10,13H,3,7-8H2,1-2H3,(H,14,17). The Morgan fingerprint density at radius 2 is 2.41 bits per heavy atom. The molecule has 0 radical (unpaired) electrons. The molecule has 5 nitrogen and oxygen atoms in total. The second kappa shape index (κ2) is 5.14. The number of pyridine rings is 1. The van der Waals surface area contributed by atoms with Gasteiger partial charge in [0.05, 0.1) is 6.04 Å². The van der Waals surface area contributed by atoms with Crippen LogP contribution in [0, 0.1) is 0 Å². The first-order valence-electron chi connectivity index (χ1n) is 5.90. The molecule has 0 unspecified atom stereocenters. The van der Waals surface area contributed by atoms with Crippen LogP contribution in [-0.4, -0.2) is 43.6 Å². The van der Waals surface area contributed by atoms with Crippen molar-refractivity contribution in [2.24, 2.45) is 0 Å². The summed E-state index contributed by atoms with van der Waals surface area (Å²) in [6.07, 6.45) is 1.68. The van der Waals surface area contributed by atoms with Crippen LogP contribution in [0.1, 0.15) is 17.4 Å². The lowest BCUT2D eigenvalue weighted by Crippen LogP contribution is -2.56. The minimum Gasteiger partial charge on any atom is -0.369 e. The van der Waals surface area contributed by atoms with Gasteiger partial charge < -0.3 is 15.5 Å². The van der Waals surface area contributed by atoms with Crippen molar-refractivity contribution in [1.29, 1.82) is 0 Å². The monoisotopic (exact) mass is 234 g/mol. The van der Waals surface area contributed by atoms with E-state index in [4.69, 9.17) is 0 Å². The summed E-state index contributed by atoms with van der Waals surface area (Å²) in [5.74, 6) is -0.116. The van der Waals surface area contributed by atoms with Gasteiger partial charge in [-0.15, -0.1) is 0 Å². The Balaban J connectivity index is 2.12. The highest BCUT2D eigenvalue weighted by molar-refractivity contribution is 5.93. The van der Waals surface area contributed by atoms with Crippen LogP contribution in [0.3, 0.4) is 0 Å².